The summed E-state index contributed by atoms with van der Waals surface area (Å²) >= 11 is 5.48. The van der Waals surface area contributed by atoms with Crippen LogP contribution >= 0.6 is 11.6 Å². The molecule has 2 aromatic rings. The van der Waals surface area contributed by atoms with Crippen LogP contribution in [-0.4, -0.2) is 12.7 Å². The normalized spacial score (nSPS) is 9.81. The van der Waals surface area contributed by atoms with E-state index in [0.717, 1.165) is 5.56 Å². The molecular formula is C17H14ClFO2. The quantitative estimate of drug-likeness (QED) is 0.360. The minimum absolute atomic E-state index is 0.0296. The molecule has 0 atom stereocenters. The Hall–Kier alpha value is -2.02. The third kappa shape index (κ3) is 5.11. The molecule has 2 aromatic carbocycles. The fourth-order valence-corrected chi connectivity index (χ4v) is 1.73. The largest absolute Gasteiger partial charge is 0.464 e. The molecule has 0 bridgehead atoms. The molecule has 0 unspecified atom stereocenters. The molecule has 21 heavy (non-hydrogen) atoms. The molecule has 2 rings (SSSR count). The lowest BCUT2D eigenvalue weighted by Gasteiger charge is -2.08. The summed E-state index contributed by atoms with van der Waals surface area (Å²) in [6.07, 6.45) is 0. The molecule has 0 radical (unpaired) electrons. The lowest BCUT2D eigenvalue weighted by atomic mass is 10.2. The van der Waals surface area contributed by atoms with Gasteiger partial charge in [-0.3, -0.25) is 0 Å². The van der Waals surface area contributed by atoms with E-state index >= 15 is 0 Å². The van der Waals surface area contributed by atoms with Crippen molar-refractivity contribution in [3.8, 4) is 17.6 Å². The van der Waals surface area contributed by atoms with E-state index in [1.807, 2.05) is 30.3 Å². The third-order valence-electron chi connectivity index (χ3n) is 2.64. The highest BCUT2D eigenvalue weighted by Crippen LogP contribution is 2.18. The van der Waals surface area contributed by atoms with Gasteiger partial charge in [0.2, 0.25) is 0 Å². The van der Waals surface area contributed by atoms with E-state index in [4.69, 9.17) is 21.1 Å². The number of halogens is 2. The third-order valence-corrected chi connectivity index (χ3v) is 2.77. The zero-order valence-electron chi connectivity index (χ0n) is 11.3. The first-order valence-electron chi connectivity index (χ1n) is 6.38. The second-order valence-electron chi connectivity index (χ2n) is 4.18. The van der Waals surface area contributed by atoms with Crippen molar-refractivity contribution in [1.82, 2.24) is 0 Å². The topological polar surface area (TPSA) is 18.5 Å². The van der Waals surface area contributed by atoms with Crippen LogP contribution in [0.4, 0.5) is 4.39 Å². The van der Waals surface area contributed by atoms with E-state index in [1.165, 1.54) is 12.1 Å². The van der Waals surface area contributed by atoms with Crippen LogP contribution in [0.25, 0.3) is 0 Å². The maximum absolute atomic E-state index is 13.6. The van der Waals surface area contributed by atoms with Crippen molar-refractivity contribution in [2.75, 3.05) is 12.7 Å². The molecule has 108 valence electrons. The van der Waals surface area contributed by atoms with Gasteiger partial charge in [0, 0.05) is 5.56 Å². The van der Waals surface area contributed by atoms with Crippen LogP contribution in [-0.2, 0) is 11.3 Å². The van der Waals surface area contributed by atoms with Crippen molar-refractivity contribution in [3.63, 3.8) is 0 Å². The van der Waals surface area contributed by atoms with Gasteiger partial charge in [-0.1, -0.05) is 42.2 Å². The van der Waals surface area contributed by atoms with Gasteiger partial charge in [-0.25, -0.2) is 4.39 Å². The number of alkyl halides is 1. The average molecular weight is 305 g/mol. The standard InChI is InChI=1S/C17H14ClFO2/c18-10-4-7-14-8-9-16(19)17(11-14)21-13-20-12-15-5-2-1-3-6-15/h1-3,5-6,8-9,11H,10,12-13H2. The highest BCUT2D eigenvalue weighted by atomic mass is 35.5. The SMILES string of the molecule is Fc1ccc(C#CCCl)cc1OCOCc1ccccc1. The van der Waals surface area contributed by atoms with Crippen LogP contribution in [0.5, 0.6) is 5.75 Å². The number of rotatable bonds is 5. The van der Waals surface area contributed by atoms with Gasteiger partial charge < -0.3 is 9.47 Å². The first kappa shape index (κ1) is 15.4. The smallest absolute Gasteiger partial charge is 0.189 e. The van der Waals surface area contributed by atoms with E-state index in [9.17, 15) is 4.39 Å². The van der Waals surface area contributed by atoms with Crippen molar-refractivity contribution in [3.05, 3.63) is 65.5 Å². The van der Waals surface area contributed by atoms with Crippen molar-refractivity contribution >= 4 is 11.6 Å². The van der Waals surface area contributed by atoms with Gasteiger partial charge in [-0.2, -0.15) is 0 Å². The Morgan fingerprint density at radius 3 is 2.67 bits per heavy atom. The Balaban J connectivity index is 1.87. The van der Waals surface area contributed by atoms with E-state index in [0.29, 0.717) is 12.2 Å². The molecule has 0 aliphatic carbocycles. The minimum Gasteiger partial charge on any atom is -0.464 e. The van der Waals surface area contributed by atoms with E-state index in [-0.39, 0.29) is 18.4 Å². The van der Waals surface area contributed by atoms with Crippen LogP contribution in [0.2, 0.25) is 0 Å². The molecule has 0 N–H and O–H groups in total. The first-order valence-corrected chi connectivity index (χ1v) is 6.92. The van der Waals surface area contributed by atoms with Gasteiger partial charge in [0.15, 0.2) is 18.4 Å². The minimum atomic E-state index is -0.449. The summed E-state index contributed by atoms with van der Waals surface area (Å²) in [5.41, 5.74) is 1.68. The number of ether oxygens (including phenoxy) is 2. The zero-order chi connectivity index (χ0) is 14.9. The van der Waals surface area contributed by atoms with Crippen molar-refractivity contribution < 1.29 is 13.9 Å². The molecule has 0 aromatic heterocycles. The Kier molecular flexibility index (Phi) is 6.08. The molecule has 0 spiro atoms. The average Bonchev–Trinajstić information content (AvgIpc) is 2.53. The Morgan fingerprint density at radius 2 is 1.90 bits per heavy atom. The molecule has 0 fully saturated rings. The van der Waals surface area contributed by atoms with Crippen molar-refractivity contribution in [2.24, 2.45) is 0 Å². The predicted octanol–water partition coefficient (Wildman–Crippen LogP) is 3.97. The van der Waals surface area contributed by atoms with Gasteiger partial charge in [0.05, 0.1) is 12.5 Å². The molecule has 0 saturated heterocycles. The lowest BCUT2D eigenvalue weighted by Crippen LogP contribution is -2.04. The summed E-state index contributed by atoms with van der Waals surface area (Å²) in [5, 5.41) is 0. The molecule has 0 aliphatic rings. The van der Waals surface area contributed by atoms with Gasteiger partial charge in [-0.15, -0.1) is 11.6 Å². The second kappa shape index (κ2) is 8.31. The van der Waals surface area contributed by atoms with Crippen LogP contribution in [0.15, 0.2) is 48.5 Å². The van der Waals surface area contributed by atoms with E-state index < -0.39 is 5.82 Å². The maximum atomic E-state index is 13.6. The predicted molar refractivity (Wildman–Crippen MR) is 80.7 cm³/mol. The summed E-state index contributed by atoms with van der Waals surface area (Å²) in [4.78, 5) is 0. The molecule has 0 saturated carbocycles. The summed E-state index contributed by atoms with van der Waals surface area (Å²) in [6, 6.07) is 14.1. The number of benzene rings is 2. The molecule has 0 amide bonds. The summed E-state index contributed by atoms with van der Waals surface area (Å²) in [6.45, 7) is 0.381. The van der Waals surface area contributed by atoms with Crippen LogP contribution < -0.4 is 4.74 Å². The molecular weight excluding hydrogens is 291 g/mol. The molecule has 0 aliphatic heterocycles. The van der Waals surface area contributed by atoms with Crippen molar-refractivity contribution in [2.45, 2.75) is 6.61 Å². The molecule has 4 heteroatoms. The Labute approximate surface area is 128 Å². The fraction of sp³-hybridized carbons (Fsp3) is 0.176. The van der Waals surface area contributed by atoms with Gasteiger partial charge in [0.25, 0.3) is 0 Å². The zero-order valence-corrected chi connectivity index (χ0v) is 12.1. The highest BCUT2D eigenvalue weighted by molar-refractivity contribution is 6.19. The number of hydrogen-bond donors (Lipinski definition) is 0. The summed E-state index contributed by atoms with van der Waals surface area (Å²) in [7, 11) is 0. The fourth-order valence-electron chi connectivity index (χ4n) is 1.67. The summed E-state index contributed by atoms with van der Waals surface area (Å²) < 4.78 is 24.2. The monoisotopic (exact) mass is 304 g/mol. The highest BCUT2D eigenvalue weighted by Gasteiger charge is 2.04. The first-order chi connectivity index (χ1) is 10.3. The van der Waals surface area contributed by atoms with Crippen LogP contribution in [0, 0.1) is 17.7 Å². The van der Waals surface area contributed by atoms with E-state index in [1.54, 1.807) is 6.07 Å². The molecule has 2 nitrogen and oxygen atoms in total. The number of hydrogen-bond acceptors (Lipinski definition) is 2. The lowest BCUT2D eigenvalue weighted by molar-refractivity contribution is 0.00302. The Bertz CT molecular complexity index is 632. The summed E-state index contributed by atoms with van der Waals surface area (Å²) in [5.74, 6) is 5.41. The van der Waals surface area contributed by atoms with Gasteiger partial charge in [-0.05, 0) is 23.8 Å². The maximum Gasteiger partial charge on any atom is 0.189 e. The van der Waals surface area contributed by atoms with Gasteiger partial charge in [0.1, 0.15) is 0 Å². The van der Waals surface area contributed by atoms with Crippen molar-refractivity contribution in [1.29, 1.82) is 0 Å². The van der Waals surface area contributed by atoms with Gasteiger partial charge >= 0.3 is 0 Å². The van der Waals surface area contributed by atoms with E-state index in [2.05, 4.69) is 11.8 Å². The van der Waals surface area contributed by atoms with Crippen LogP contribution in [0.1, 0.15) is 11.1 Å². The Morgan fingerprint density at radius 1 is 1.10 bits per heavy atom. The van der Waals surface area contributed by atoms with Crippen LogP contribution in [0.3, 0.4) is 0 Å². The molecule has 0 heterocycles. The second-order valence-corrected chi connectivity index (χ2v) is 4.44.